The minimum atomic E-state index is 0.612. The molecule has 12 heavy (non-hydrogen) atoms. The molecule has 0 amide bonds. The molecule has 2 N–H and O–H groups in total. The lowest BCUT2D eigenvalue weighted by atomic mass is 10.1. The minimum absolute atomic E-state index is 0.612. The molecule has 1 heterocycles. The molecular formula is C9H20N2S. The smallest absolute Gasteiger partial charge is 0.0219 e. The van der Waals surface area contributed by atoms with Gasteiger partial charge in [-0.2, -0.15) is 11.8 Å². The van der Waals surface area contributed by atoms with Crippen LogP contribution in [0.1, 0.15) is 20.3 Å². The zero-order valence-corrected chi connectivity index (χ0v) is 8.94. The summed E-state index contributed by atoms with van der Waals surface area (Å²) < 4.78 is 0. The van der Waals surface area contributed by atoms with Crippen LogP contribution in [0.15, 0.2) is 0 Å². The number of hydrogen-bond acceptors (Lipinski definition) is 3. The van der Waals surface area contributed by atoms with E-state index < -0.39 is 0 Å². The van der Waals surface area contributed by atoms with Crippen LogP contribution >= 0.6 is 11.8 Å². The molecule has 1 rings (SSSR count). The Morgan fingerprint density at radius 2 is 2.42 bits per heavy atom. The van der Waals surface area contributed by atoms with Crippen molar-refractivity contribution in [3.63, 3.8) is 0 Å². The van der Waals surface area contributed by atoms with Crippen LogP contribution in [0.5, 0.6) is 0 Å². The molecule has 2 unspecified atom stereocenters. The first-order valence-electron chi connectivity index (χ1n) is 4.83. The van der Waals surface area contributed by atoms with E-state index in [2.05, 4.69) is 30.5 Å². The van der Waals surface area contributed by atoms with Crippen molar-refractivity contribution < 1.29 is 0 Å². The van der Waals surface area contributed by atoms with Gasteiger partial charge in [0, 0.05) is 36.7 Å². The van der Waals surface area contributed by atoms with E-state index in [0.717, 1.165) is 12.6 Å². The summed E-state index contributed by atoms with van der Waals surface area (Å²) >= 11 is 2.06. The quantitative estimate of drug-likeness (QED) is 0.721. The van der Waals surface area contributed by atoms with Gasteiger partial charge in [-0.1, -0.05) is 6.92 Å². The number of nitrogens with two attached hydrogens (primary N) is 1. The zero-order valence-electron chi connectivity index (χ0n) is 8.12. The Hall–Kier alpha value is 0.270. The van der Waals surface area contributed by atoms with E-state index in [1.807, 2.05) is 0 Å². The van der Waals surface area contributed by atoms with E-state index in [1.165, 1.54) is 24.5 Å². The molecule has 2 atom stereocenters. The largest absolute Gasteiger partial charge is 0.329 e. The lowest BCUT2D eigenvalue weighted by Crippen LogP contribution is -2.49. The highest BCUT2D eigenvalue weighted by Gasteiger charge is 2.23. The van der Waals surface area contributed by atoms with Gasteiger partial charge < -0.3 is 5.73 Å². The van der Waals surface area contributed by atoms with Crippen molar-refractivity contribution in [1.82, 2.24) is 4.90 Å². The molecule has 0 radical (unpaired) electrons. The third-order valence-electron chi connectivity index (χ3n) is 2.63. The van der Waals surface area contributed by atoms with E-state index >= 15 is 0 Å². The minimum Gasteiger partial charge on any atom is -0.329 e. The fraction of sp³-hybridized carbons (Fsp3) is 1.00. The average Bonchev–Trinajstić information content (AvgIpc) is 2.10. The van der Waals surface area contributed by atoms with Crippen LogP contribution in [-0.2, 0) is 0 Å². The summed E-state index contributed by atoms with van der Waals surface area (Å²) in [5.74, 6) is 2.55. The molecule has 72 valence electrons. The number of hydrogen-bond donors (Lipinski definition) is 1. The Morgan fingerprint density at radius 3 is 2.92 bits per heavy atom. The first-order valence-corrected chi connectivity index (χ1v) is 5.98. The summed E-state index contributed by atoms with van der Waals surface area (Å²) in [6.45, 7) is 6.57. The van der Waals surface area contributed by atoms with Crippen LogP contribution in [0, 0.1) is 0 Å². The number of nitrogens with zero attached hydrogens (tertiary/aromatic N) is 1. The maximum absolute atomic E-state index is 5.73. The van der Waals surface area contributed by atoms with Gasteiger partial charge in [-0.25, -0.2) is 0 Å². The van der Waals surface area contributed by atoms with Gasteiger partial charge in [0.2, 0.25) is 0 Å². The predicted octanol–water partition coefficient (Wildman–Crippen LogP) is 1.16. The molecule has 1 saturated heterocycles. The fourth-order valence-corrected chi connectivity index (χ4v) is 2.86. The molecule has 1 fully saturated rings. The molecule has 0 aromatic carbocycles. The Bertz CT molecular complexity index is 126. The average molecular weight is 188 g/mol. The lowest BCUT2D eigenvalue weighted by molar-refractivity contribution is 0.161. The van der Waals surface area contributed by atoms with Crippen LogP contribution in [0.3, 0.4) is 0 Å². The highest BCUT2D eigenvalue weighted by molar-refractivity contribution is 7.99. The van der Waals surface area contributed by atoms with Crippen LogP contribution in [0.4, 0.5) is 0 Å². The van der Waals surface area contributed by atoms with Crippen LogP contribution < -0.4 is 5.73 Å². The van der Waals surface area contributed by atoms with E-state index in [1.54, 1.807) is 0 Å². The third kappa shape index (κ3) is 2.38. The first-order chi connectivity index (χ1) is 5.79. The molecule has 2 nitrogen and oxygen atoms in total. The number of rotatable bonds is 3. The van der Waals surface area contributed by atoms with Gasteiger partial charge in [-0.3, -0.25) is 4.90 Å². The summed E-state index contributed by atoms with van der Waals surface area (Å²) in [5.41, 5.74) is 5.73. The molecule has 3 heteroatoms. The van der Waals surface area contributed by atoms with Crippen molar-refractivity contribution >= 4 is 11.8 Å². The second-order valence-corrected chi connectivity index (χ2v) is 4.61. The molecule has 0 saturated carbocycles. The third-order valence-corrected chi connectivity index (χ3v) is 3.82. The van der Waals surface area contributed by atoms with Gasteiger partial charge >= 0.3 is 0 Å². The van der Waals surface area contributed by atoms with Gasteiger partial charge in [0.05, 0.1) is 0 Å². The summed E-state index contributed by atoms with van der Waals surface area (Å²) in [4.78, 5) is 2.57. The van der Waals surface area contributed by atoms with Gasteiger partial charge in [0.15, 0.2) is 0 Å². The van der Waals surface area contributed by atoms with Gasteiger partial charge in [-0.15, -0.1) is 0 Å². The van der Waals surface area contributed by atoms with Crippen LogP contribution in [0.25, 0.3) is 0 Å². The first kappa shape index (κ1) is 10.4. The number of thioether (sulfide) groups is 1. The Balaban J connectivity index is 2.45. The van der Waals surface area contributed by atoms with E-state index in [9.17, 15) is 0 Å². The van der Waals surface area contributed by atoms with E-state index in [0.29, 0.717) is 6.04 Å². The lowest BCUT2D eigenvalue weighted by Gasteiger charge is -2.38. The van der Waals surface area contributed by atoms with Crippen molar-refractivity contribution in [2.75, 3.05) is 24.6 Å². The standard InChI is InChI=1S/C9H20N2S/c1-3-9(6-10)11-4-5-12-7-8(11)2/h8-9H,3-7,10H2,1-2H3. The molecule has 0 aromatic heterocycles. The normalized spacial score (nSPS) is 28.8. The van der Waals surface area contributed by atoms with Crippen molar-refractivity contribution in [1.29, 1.82) is 0 Å². The summed E-state index contributed by atoms with van der Waals surface area (Å²) in [6, 6.07) is 1.33. The topological polar surface area (TPSA) is 29.3 Å². The van der Waals surface area contributed by atoms with Crippen LogP contribution in [-0.4, -0.2) is 41.6 Å². The molecular weight excluding hydrogens is 168 g/mol. The van der Waals surface area contributed by atoms with E-state index in [-0.39, 0.29) is 0 Å². The molecule has 0 aliphatic carbocycles. The maximum Gasteiger partial charge on any atom is 0.0219 e. The Kier molecular flexibility index (Phi) is 4.40. The SMILES string of the molecule is CCC(CN)N1CCSCC1C. The van der Waals surface area contributed by atoms with Crippen LogP contribution in [0.2, 0.25) is 0 Å². The second-order valence-electron chi connectivity index (χ2n) is 3.46. The Labute approximate surface area is 79.9 Å². The second kappa shape index (κ2) is 5.10. The van der Waals surface area contributed by atoms with Gasteiger partial charge in [0.25, 0.3) is 0 Å². The maximum atomic E-state index is 5.73. The predicted molar refractivity (Wildman–Crippen MR) is 56.6 cm³/mol. The zero-order chi connectivity index (χ0) is 8.97. The summed E-state index contributed by atoms with van der Waals surface area (Å²) in [5, 5.41) is 0. The van der Waals surface area contributed by atoms with Crippen molar-refractivity contribution in [2.24, 2.45) is 5.73 Å². The molecule has 0 spiro atoms. The molecule has 0 bridgehead atoms. The molecule has 0 aromatic rings. The van der Waals surface area contributed by atoms with Gasteiger partial charge in [0.1, 0.15) is 0 Å². The van der Waals surface area contributed by atoms with E-state index in [4.69, 9.17) is 5.73 Å². The van der Waals surface area contributed by atoms with Crippen molar-refractivity contribution in [3.05, 3.63) is 0 Å². The molecule has 1 aliphatic rings. The Morgan fingerprint density at radius 1 is 1.67 bits per heavy atom. The van der Waals surface area contributed by atoms with Gasteiger partial charge in [-0.05, 0) is 13.3 Å². The van der Waals surface area contributed by atoms with Crippen molar-refractivity contribution in [3.8, 4) is 0 Å². The summed E-state index contributed by atoms with van der Waals surface area (Å²) in [7, 11) is 0. The van der Waals surface area contributed by atoms with Crippen molar-refractivity contribution in [2.45, 2.75) is 32.4 Å². The highest BCUT2D eigenvalue weighted by Crippen LogP contribution is 2.19. The monoisotopic (exact) mass is 188 g/mol. The summed E-state index contributed by atoms with van der Waals surface area (Å²) in [6.07, 6.45) is 1.19. The fourth-order valence-electron chi connectivity index (χ4n) is 1.82. The molecule has 1 aliphatic heterocycles. The highest BCUT2D eigenvalue weighted by atomic mass is 32.2.